The number of nitrogens with zero attached hydrogens (tertiary/aromatic N) is 1. The number of aromatic hydroxyl groups is 1. The molecule has 2 nitrogen and oxygen atoms in total. The molecule has 0 amide bonds. The molecule has 0 spiro atoms. The number of rotatable bonds is 9. The lowest BCUT2D eigenvalue weighted by Crippen LogP contribution is -2.22. The van der Waals surface area contributed by atoms with Crippen molar-refractivity contribution in [3.8, 4) is 5.75 Å². The second-order valence-electron chi connectivity index (χ2n) is 9.79. The second-order valence-corrected chi connectivity index (χ2v) is 10.2. The number of halogens is 1. The van der Waals surface area contributed by atoms with Gasteiger partial charge in [0.1, 0.15) is 5.75 Å². The Hall–Kier alpha value is -3.49. The molecule has 0 saturated carbocycles. The molecule has 0 aliphatic rings. The fraction of sp³-hybridized carbons (Fsp3) is 0.212. The molecule has 0 aliphatic carbocycles. The number of hydrogen-bond donors (Lipinski definition) is 1. The van der Waals surface area contributed by atoms with E-state index >= 15 is 0 Å². The first-order valence-corrected chi connectivity index (χ1v) is 12.8. The van der Waals surface area contributed by atoms with Crippen LogP contribution in [0.4, 0.5) is 5.69 Å². The van der Waals surface area contributed by atoms with Gasteiger partial charge in [-0.3, -0.25) is 0 Å². The first kappa shape index (κ1) is 25.6. The largest absolute Gasteiger partial charge is 0.508 e. The lowest BCUT2D eigenvalue weighted by atomic mass is 9.92. The molecule has 0 fully saturated rings. The van der Waals surface area contributed by atoms with E-state index in [0.29, 0.717) is 12.2 Å². The number of anilines is 1. The lowest BCUT2D eigenvalue weighted by molar-refractivity contribution is 0.464. The third kappa shape index (κ3) is 6.19. The molecular formula is C33H34ClNO. The molecule has 0 atom stereocenters. The predicted molar refractivity (Wildman–Crippen MR) is 154 cm³/mol. The van der Waals surface area contributed by atoms with Crippen LogP contribution in [0.2, 0.25) is 5.02 Å². The third-order valence-electron chi connectivity index (χ3n) is 6.53. The summed E-state index contributed by atoms with van der Waals surface area (Å²) in [5.74, 6) is 0.584. The van der Waals surface area contributed by atoms with Crippen LogP contribution in [0.5, 0.6) is 5.75 Å². The molecule has 4 aromatic rings. The second kappa shape index (κ2) is 11.5. The Morgan fingerprint density at radius 2 is 1.42 bits per heavy atom. The van der Waals surface area contributed by atoms with E-state index in [0.717, 1.165) is 51.6 Å². The van der Waals surface area contributed by atoms with Crippen LogP contribution >= 0.6 is 11.6 Å². The fourth-order valence-electron chi connectivity index (χ4n) is 4.59. The summed E-state index contributed by atoms with van der Waals surface area (Å²) in [6.45, 7) is 12.0. The fourth-order valence-corrected chi connectivity index (χ4v) is 4.87. The van der Waals surface area contributed by atoms with Crippen molar-refractivity contribution in [2.75, 3.05) is 4.90 Å². The Balaban J connectivity index is 1.73. The summed E-state index contributed by atoms with van der Waals surface area (Å²) in [6, 6.07) is 31.2. The maximum absolute atomic E-state index is 10.3. The average molecular weight is 496 g/mol. The van der Waals surface area contributed by atoms with Gasteiger partial charge in [-0.15, -0.1) is 0 Å². The zero-order valence-corrected chi connectivity index (χ0v) is 22.1. The van der Waals surface area contributed by atoms with E-state index in [2.05, 4.69) is 92.1 Å². The zero-order valence-electron chi connectivity index (χ0n) is 21.3. The van der Waals surface area contributed by atoms with Gasteiger partial charge in [-0.25, -0.2) is 0 Å². The van der Waals surface area contributed by atoms with Crippen molar-refractivity contribution in [3.63, 3.8) is 0 Å². The molecule has 0 aliphatic heterocycles. The minimum atomic E-state index is 0.243. The highest BCUT2D eigenvalue weighted by molar-refractivity contribution is 6.32. The van der Waals surface area contributed by atoms with Crippen LogP contribution in [0.15, 0.2) is 97.6 Å². The van der Waals surface area contributed by atoms with E-state index < -0.39 is 0 Å². The van der Waals surface area contributed by atoms with Crippen LogP contribution in [-0.4, -0.2) is 5.11 Å². The molecule has 0 saturated heterocycles. The minimum Gasteiger partial charge on any atom is -0.508 e. The summed E-state index contributed by atoms with van der Waals surface area (Å²) in [5, 5.41) is 11.0. The van der Waals surface area contributed by atoms with Crippen molar-refractivity contribution < 1.29 is 5.11 Å². The summed E-state index contributed by atoms with van der Waals surface area (Å²) < 4.78 is 0. The van der Waals surface area contributed by atoms with Crippen LogP contribution in [-0.2, 0) is 19.5 Å². The first-order valence-electron chi connectivity index (χ1n) is 12.4. The number of benzene rings is 4. The van der Waals surface area contributed by atoms with Crippen molar-refractivity contribution in [1.29, 1.82) is 0 Å². The van der Waals surface area contributed by atoms with Gasteiger partial charge in [0.25, 0.3) is 0 Å². The normalized spacial score (nSPS) is 11.0. The maximum Gasteiger partial charge on any atom is 0.119 e. The van der Waals surface area contributed by atoms with E-state index in [-0.39, 0.29) is 5.92 Å². The Bertz CT molecular complexity index is 1290. The molecular weight excluding hydrogens is 462 g/mol. The quantitative estimate of drug-likeness (QED) is 0.250. The molecule has 4 aromatic carbocycles. The van der Waals surface area contributed by atoms with E-state index in [1.165, 1.54) is 11.1 Å². The molecule has 0 aromatic heterocycles. The number of phenols is 1. The summed E-state index contributed by atoms with van der Waals surface area (Å²) >= 11 is 7.00. The predicted octanol–water partition coefficient (Wildman–Crippen LogP) is 9.00. The number of allylic oxidation sites excluding steroid dienone is 1. The SMILES string of the molecule is C=C(C)c1cc(N(Cc2ccccc2)Cc2ccccc2)cc(Cl)c1Cc1ccc(O)c(C(C)C)c1. The Labute approximate surface area is 220 Å². The summed E-state index contributed by atoms with van der Waals surface area (Å²) in [5.41, 5.74) is 8.76. The standard InChI is InChI=1S/C33H34ClNO/c1-23(2)29-19-28(20-32(34)31(29)18-27-15-16-33(36)30(17-27)24(3)4)35(21-25-11-7-5-8-12-25)22-26-13-9-6-10-14-26/h5-17,19-20,24,36H,1,18,21-22H2,2-4H3. The Kier molecular flexibility index (Phi) is 8.18. The molecule has 0 heterocycles. The van der Waals surface area contributed by atoms with Gasteiger partial charge in [-0.2, -0.15) is 0 Å². The molecule has 1 N–H and O–H groups in total. The number of hydrogen-bond acceptors (Lipinski definition) is 2. The molecule has 0 radical (unpaired) electrons. The molecule has 36 heavy (non-hydrogen) atoms. The van der Waals surface area contributed by atoms with Crippen LogP contribution in [0.1, 0.15) is 60.1 Å². The van der Waals surface area contributed by atoms with E-state index in [1.54, 1.807) is 6.07 Å². The van der Waals surface area contributed by atoms with Crippen molar-refractivity contribution in [2.45, 2.75) is 46.2 Å². The van der Waals surface area contributed by atoms with Crippen molar-refractivity contribution in [2.24, 2.45) is 0 Å². The van der Waals surface area contributed by atoms with Gasteiger partial charge in [0.2, 0.25) is 0 Å². The monoisotopic (exact) mass is 495 g/mol. The summed E-state index contributed by atoms with van der Waals surface area (Å²) in [4.78, 5) is 2.37. The van der Waals surface area contributed by atoms with Gasteiger partial charge >= 0.3 is 0 Å². The van der Waals surface area contributed by atoms with Crippen LogP contribution in [0.25, 0.3) is 5.57 Å². The van der Waals surface area contributed by atoms with Crippen LogP contribution < -0.4 is 4.90 Å². The highest BCUT2D eigenvalue weighted by Gasteiger charge is 2.17. The Morgan fingerprint density at radius 3 is 1.94 bits per heavy atom. The van der Waals surface area contributed by atoms with Gasteiger partial charge in [-0.05, 0) is 70.8 Å². The maximum atomic E-state index is 10.3. The van der Waals surface area contributed by atoms with Crippen molar-refractivity contribution in [3.05, 3.63) is 136 Å². The molecule has 0 bridgehead atoms. The van der Waals surface area contributed by atoms with Gasteiger partial charge in [0, 0.05) is 23.8 Å². The third-order valence-corrected chi connectivity index (χ3v) is 6.87. The van der Waals surface area contributed by atoms with Gasteiger partial charge in [0.15, 0.2) is 0 Å². The molecule has 4 rings (SSSR count). The number of phenolic OH excluding ortho intramolecular Hbond substituents is 1. The van der Waals surface area contributed by atoms with Gasteiger partial charge in [-0.1, -0.05) is 110 Å². The zero-order chi connectivity index (χ0) is 25.7. The minimum absolute atomic E-state index is 0.243. The van der Waals surface area contributed by atoms with E-state index in [4.69, 9.17) is 11.6 Å². The van der Waals surface area contributed by atoms with Crippen LogP contribution in [0.3, 0.4) is 0 Å². The topological polar surface area (TPSA) is 23.5 Å². The average Bonchev–Trinajstić information content (AvgIpc) is 2.86. The van der Waals surface area contributed by atoms with E-state index in [1.807, 2.05) is 25.1 Å². The van der Waals surface area contributed by atoms with E-state index in [9.17, 15) is 5.11 Å². The van der Waals surface area contributed by atoms with Crippen LogP contribution in [0, 0.1) is 0 Å². The van der Waals surface area contributed by atoms with Gasteiger partial charge < -0.3 is 10.0 Å². The lowest BCUT2D eigenvalue weighted by Gasteiger charge is -2.27. The first-order chi connectivity index (χ1) is 17.3. The highest BCUT2D eigenvalue weighted by Crippen LogP contribution is 2.35. The molecule has 0 unspecified atom stereocenters. The highest BCUT2D eigenvalue weighted by atomic mass is 35.5. The van der Waals surface area contributed by atoms with Crippen molar-refractivity contribution >= 4 is 22.9 Å². The summed E-state index contributed by atoms with van der Waals surface area (Å²) in [6.07, 6.45) is 0.679. The smallest absolute Gasteiger partial charge is 0.119 e. The molecule has 184 valence electrons. The summed E-state index contributed by atoms with van der Waals surface area (Å²) in [7, 11) is 0. The Morgan fingerprint density at radius 1 is 0.833 bits per heavy atom. The van der Waals surface area contributed by atoms with Crippen molar-refractivity contribution in [1.82, 2.24) is 0 Å². The molecule has 3 heteroatoms. The van der Waals surface area contributed by atoms with Gasteiger partial charge in [0.05, 0.1) is 0 Å².